The van der Waals surface area contributed by atoms with Crippen LogP contribution in [0.15, 0.2) is 28.3 Å². The van der Waals surface area contributed by atoms with Crippen LogP contribution in [0, 0.1) is 13.8 Å². The zero-order valence-corrected chi connectivity index (χ0v) is 12.0. The Morgan fingerprint density at radius 1 is 1.21 bits per heavy atom. The van der Waals surface area contributed by atoms with E-state index in [4.69, 9.17) is 10.5 Å². The highest BCUT2D eigenvalue weighted by atomic mass is 32.2. The maximum Gasteiger partial charge on any atom is 0.322 e. The topological polar surface area (TPSA) is 73.9 Å². The molecule has 2 rings (SSSR count). The van der Waals surface area contributed by atoms with Gasteiger partial charge in [0.1, 0.15) is 0 Å². The molecular formula is C13H16N4OS. The molecule has 1 aromatic carbocycles. The fraction of sp³-hybridized carbons (Fsp3) is 0.308. The molecule has 1 heterocycles. The molecule has 19 heavy (non-hydrogen) atoms. The Hall–Kier alpha value is -1.82. The number of ether oxygens (including phenoxy) is 1. The van der Waals surface area contributed by atoms with Gasteiger partial charge in [0.05, 0.1) is 6.61 Å². The van der Waals surface area contributed by atoms with Crippen molar-refractivity contribution in [3.05, 3.63) is 29.3 Å². The molecule has 0 aliphatic heterocycles. The number of aryl methyl sites for hydroxylation is 2. The number of anilines is 1. The first-order valence-electron chi connectivity index (χ1n) is 5.98. The molecule has 0 saturated carbocycles. The lowest BCUT2D eigenvalue weighted by Gasteiger charge is -2.07. The Kier molecular flexibility index (Phi) is 4.21. The highest BCUT2D eigenvalue weighted by molar-refractivity contribution is 7.99. The summed E-state index contributed by atoms with van der Waals surface area (Å²) in [5.74, 6) is 0.172. The van der Waals surface area contributed by atoms with Gasteiger partial charge in [-0.3, -0.25) is 0 Å². The lowest BCUT2D eigenvalue weighted by molar-refractivity contribution is 0.308. The van der Waals surface area contributed by atoms with Crippen LogP contribution in [0.1, 0.15) is 18.1 Å². The summed E-state index contributed by atoms with van der Waals surface area (Å²) >= 11 is 1.45. The number of hydrogen-bond acceptors (Lipinski definition) is 6. The van der Waals surface area contributed by atoms with E-state index in [1.165, 1.54) is 22.9 Å². The first kappa shape index (κ1) is 13.6. The predicted molar refractivity (Wildman–Crippen MR) is 75.4 cm³/mol. The van der Waals surface area contributed by atoms with Crippen LogP contribution in [-0.2, 0) is 0 Å². The molecule has 2 aromatic rings. The largest absolute Gasteiger partial charge is 0.464 e. The van der Waals surface area contributed by atoms with E-state index in [1.807, 2.05) is 6.92 Å². The number of nitrogens with two attached hydrogens (primary N) is 1. The zero-order chi connectivity index (χ0) is 13.8. The van der Waals surface area contributed by atoms with Gasteiger partial charge in [0.25, 0.3) is 0 Å². The van der Waals surface area contributed by atoms with Gasteiger partial charge < -0.3 is 10.5 Å². The van der Waals surface area contributed by atoms with Crippen LogP contribution in [-0.4, -0.2) is 21.6 Å². The molecule has 1 aromatic heterocycles. The summed E-state index contributed by atoms with van der Waals surface area (Å²) in [5.41, 5.74) is 8.06. The van der Waals surface area contributed by atoms with Crippen LogP contribution < -0.4 is 10.5 Å². The van der Waals surface area contributed by atoms with Gasteiger partial charge in [0.2, 0.25) is 11.1 Å². The van der Waals surface area contributed by atoms with E-state index in [0.717, 1.165) is 4.90 Å². The van der Waals surface area contributed by atoms with Crippen molar-refractivity contribution in [2.45, 2.75) is 30.8 Å². The number of rotatable bonds is 4. The molecule has 0 atom stereocenters. The van der Waals surface area contributed by atoms with E-state index < -0.39 is 0 Å². The fourth-order valence-corrected chi connectivity index (χ4v) is 2.42. The average Bonchev–Trinajstić information content (AvgIpc) is 2.32. The van der Waals surface area contributed by atoms with Crippen molar-refractivity contribution in [3.63, 3.8) is 0 Å². The molecule has 0 aliphatic carbocycles. The number of hydrogen-bond donors (Lipinski definition) is 1. The SMILES string of the molecule is CCOc1nc(N)nc(Sc2ccc(C)cc2C)n1. The molecule has 0 unspecified atom stereocenters. The van der Waals surface area contributed by atoms with E-state index in [0.29, 0.717) is 11.8 Å². The maximum atomic E-state index is 5.65. The zero-order valence-electron chi connectivity index (χ0n) is 11.2. The van der Waals surface area contributed by atoms with Gasteiger partial charge in [-0.25, -0.2) is 0 Å². The third-order valence-electron chi connectivity index (χ3n) is 2.42. The highest BCUT2D eigenvalue weighted by Gasteiger charge is 2.08. The quantitative estimate of drug-likeness (QED) is 0.925. The van der Waals surface area contributed by atoms with Crippen molar-refractivity contribution in [1.29, 1.82) is 0 Å². The number of nitrogens with zero attached hydrogens (tertiary/aromatic N) is 3. The predicted octanol–water partition coefficient (Wildman–Crippen LogP) is 2.62. The minimum Gasteiger partial charge on any atom is -0.464 e. The molecule has 0 spiro atoms. The van der Waals surface area contributed by atoms with Crippen LogP contribution in [0.5, 0.6) is 6.01 Å². The highest BCUT2D eigenvalue weighted by Crippen LogP contribution is 2.29. The molecular weight excluding hydrogens is 260 g/mol. The van der Waals surface area contributed by atoms with Crippen molar-refractivity contribution >= 4 is 17.7 Å². The summed E-state index contributed by atoms with van der Waals surface area (Å²) in [7, 11) is 0. The van der Waals surface area contributed by atoms with Crippen molar-refractivity contribution < 1.29 is 4.74 Å². The van der Waals surface area contributed by atoms with E-state index in [1.54, 1.807) is 0 Å². The van der Waals surface area contributed by atoms with Gasteiger partial charge in [0, 0.05) is 4.90 Å². The van der Waals surface area contributed by atoms with Crippen molar-refractivity contribution in [3.8, 4) is 6.01 Å². The summed E-state index contributed by atoms with van der Waals surface area (Å²) in [5, 5.41) is 0.544. The molecule has 0 radical (unpaired) electrons. The third kappa shape index (κ3) is 3.57. The van der Waals surface area contributed by atoms with Crippen LogP contribution in [0.2, 0.25) is 0 Å². The van der Waals surface area contributed by atoms with E-state index >= 15 is 0 Å². The summed E-state index contributed by atoms with van der Waals surface area (Å²) in [6.45, 7) is 6.49. The number of aromatic nitrogens is 3. The minimum absolute atomic E-state index is 0.172. The molecule has 2 N–H and O–H groups in total. The molecule has 0 saturated heterocycles. The van der Waals surface area contributed by atoms with Crippen molar-refractivity contribution in [1.82, 2.24) is 15.0 Å². The van der Waals surface area contributed by atoms with Crippen LogP contribution in [0.25, 0.3) is 0 Å². The molecule has 0 fully saturated rings. The van der Waals surface area contributed by atoms with Crippen LogP contribution >= 0.6 is 11.8 Å². The minimum atomic E-state index is 0.172. The van der Waals surface area contributed by atoms with Gasteiger partial charge in [-0.2, -0.15) is 15.0 Å². The number of nitrogen functional groups attached to an aromatic ring is 1. The van der Waals surface area contributed by atoms with Crippen LogP contribution in [0.3, 0.4) is 0 Å². The lowest BCUT2D eigenvalue weighted by Crippen LogP contribution is -2.04. The maximum absolute atomic E-state index is 5.65. The Morgan fingerprint density at radius 3 is 2.68 bits per heavy atom. The fourth-order valence-electron chi connectivity index (χ4n) is 1.60. The summed E-state index contributed by atoms with van der Waals surface area (Å²) < 4.78 is 5.26. The normalized spacial score (nSPS) is 10.5. The third-order valence-corrected chi connectivity index (χ3v) is 3.46. The second-order valence-corrected chi connectivity index (χ2v) is 5.07. The van der Waals surface area contributed by atoms with Crippen LogP contribution in [0.4, 0.5) is 5.95 Å². The average molecular weight is 276 g/mol. The van der Waals surface area contributed by atoms with E-state index in [2.05, 4.69) is 47.0 Å². The molecule has 100 valence electrons. The molecule has 5 nitrogen and oxygen atoms in total. The van der Waals surface area contributed by atoms with E-state index in [-0.39, 0.29) is 12.0 Å². The van der Waals surface area contributed by atoms with Gasteiger partial charge >= 0.3 is 6.01 Å². The Morgan fingerprint density at radius 2 is 2.00 bits per heavy atom. The smallest absolute Gasteiger partial charge is 0.322 e. The van der Waals surface area contributed by atoms with Crippen molar-refractivity contribution in [2.24, 2.45) is 0 Å². The molecule has 0 aliphatic rings. The Balaban J connectivity index is 2.27. The summed E-state index contributed by atoms with van der Waals surface area (Å²) in [6.07, 6.45) is 0. The van der Waals surface area contributed by atoms with Gasteiger partial charge in [-0.15, -0.1) is 0 Å². The van der Waals surface area contributed by atoms with Gasteiger partial charge in [-0.1, -0.05) is 17.7 Å². The molecule has 6 heteroatoms. The monoisotopic (exact) mass is 276 g/mol. The first-order valence-corrected chi connectivity index (χ1v) is 6.79. The van der Waals surface area contributed by atoms with Gasteiger partial charge in [-0.05, 0) is 44.2 Å². The lowest BCUT2D eigenvalue weighted by atomic mass is 10.2. The molecule has 0 amide bonds. The summed E-state index contributed by atoms with van der Waals surface area (Å²) in [4.78, 5) is 13.4. The summed E-state index contributed by atoms with van der Waals surface area (Å²) in [6, 6.07) is 6.50. The Labute approximate surface area is 116 Å². The van der Waals surface area contributed by atoms with Gasteiger partial charge in [0.15, 0.2) is 0 Å². The second-order valence-electron chi connectivity index (χ2n) is 4.06. The standard InChI is InChI=1S/C13H16N4OS/c1-4-18-12-15-11(14)16-13(17-12)19-10-6-5-8(2)7-9(10)3/h5-7H,4H2,1-3H3,(H2,14,15,16,17). The Bertz CT molecular complexity index is 589. The van der Waals surface area contributed by atoms with E-state index in [9.17, 15) is 0 Å². The van der Waals surface area contributed by atoms with Crippen molar-refractivity contribution in [2.75, 3.05) is 12.3 Å². The molecule has 0 bridgehead atoms. The number of benzene rings is 1. The second kappa shape index (κ2) is 5.88. The first-order chi connectivity index (χ1) is 9.08.